The van der Waals surface area contributed by atoms with Gasteiger partial charge in [0.15, 0.2) is 0 Å². The molecule has 0 saturated heterocycles. The summed E-state index contributed by atoms with van der Waals surface area (Å²) < 4.78 is 3.02. The number of nitrogens with zero attached hydrogens (tertiary/aromatic N) is 2. The highest BCUT2D eigenvalue weighted by atomic mass is 79.9. The highest BCUT2D eigenvalue weighted by Gasteiger charge is 2.06. The van der Waals surface area contributed by atoms with Gasteiger partial charge in [-0.3, -0.25) is 4.68 Å². The molecule has 3 heteroatoms. The number of aromatic nitrogens is 2. The van der Waals surface area contributed by atoms with Gasteiger partial charge in [-0.1, -0.05) is 11.6 Å². The van der Waals surface area contributed by atoms with Crippen LogP contribution >= 0.6 is 15.9 Å². The minimum absolute atomic E-state index is 1.01. The molecule has 11 heavy (non-hydrogen) atoms. The normalized spacial score (nSPS) is 14.8. The lowest BCUT2D eigenvalue weighted by atomic mass is 10.3. The van der Waals surface area contributed by atoms with E-state index in [4.69, 9.17) is 0 Å². The van der Waals surface area contributed by atoms with Crippen molar-refractivity contribution in [2.24, 2.45) is 0 Å². The number of allylic oxidation sites excluding steroid dienone is 2. The molecule has 1 heterocycles. The maximum Gasteiger partial charge on any atom is 0.0632 e. The SMILES string of the molecule is Brc1cnn(CCC2=CC2)c1. The fraction of sp³-hybridized carbons (Fsp3) is 0.375. The molecule has 0 aliphatic heterocycles. The van der Waals surface area contributed by atoms with Gasteiger partial charge in [-0.25, -0.2) is 0 Å². The Balaban J connectivity index is 1.90. The summed E-state index contributed by atoms with van der Waals surface area (Å²) in [6, 6.07) is 0. The Hall–Kier alpha value is -0.570. The molecular weight excluding hydrogens is 204 g/mol. The van der Waals surface area contributed by atoms with E-state index in [0.717, 1.165) is 17.4 Å². The van der Waals surface area contributed by atoms with E-state index in [0.29, 0.717) is 0 Å². The van der Waals surface area contributed by atoms with Crippen LogP contribution in [0.3, 0.4) is 0 Å². The van der Waals surface area contributed by atoms with Crippen molar-refractivity contribution < 1.29 is 0 Å². The number of rotatable bonds is 3. The van der Waals surface area contributed by atoms with Gasteiger partial charge in [0.05, 0.1) is 10.7 Å². The molecule has 1 aliphatic rings. The Kier molecular flexibility index (Phi) is 1.82. The summed E-state index contributed by atoms with van der Waals surface area (Å²) in [5, 5.41) is 4.16. The van der Waals surface area contributed by atoms with Crippen LogP contribution in [0, 0.1) is 0 Å². The van der Waals surface area contributed by atoms with Crippen molar-refractivity contribution in [1.82, 2.24) is 9.78 Å². The van der Waals surface area contributed by atoms with Crippen LogP contribution < -0.4 is 0 Å². The smallest absolute Gasteiger partial charge is 0.0632 e. The zero-order valence-corrected chi connectivity index (χ0v) is 7.71. The van der Waals surface area contributed by atoms with Crippen molar-refractivity contribution in [3.05, 3.63) is 28.5 Å². The summed E-state index contributed by atoms with van der Waals surface area (Å²) in [6.45, 7) is 1.01. The Labute approximate surface area is 74.0 Å². The predicted molar refractivity (Wildman–Crippen MR) is 47.2 cm³/mol. The third-order valence-electron chi connectivity index (χ3n) is 1.76. The quantitative estimate of drug-likeness (QED) is 0.704. The van der Waals surface area contributed by atoms with E-state index in [1.54, 1.807) is 5.57 Å². The van der Waals surface area contributed by atoms with Gasteiger partial charge >= 0.3 is 0 Å². The highest BCUT2D eigenvalue weighted by Crippen LogP contribution is 2.22. The molecule has 1 aromatic rings. The number of hydrogen-bond donors (Lipinski definition) is 0. The minimum Gasteiger partial charge on any atom is -0.271 e. The van der Waals surface area contributed by atoms with Crippen LogP contribution in [0.2, 0.25) is 0 Å². The van der Waals surface area contributed by atoms with Gasteiger partial charge in [0.25, 0.3) is 0 Å². The van der Waals surface area contributed by atoms with Crippen molar-refractivity contribution in [1.29, 1.82) is 0 Å². The predicted octanol–water partition coefficient (Wildman–Crippen LogP) is 2.37. The molecule has 58 valence electrons. The summed E-state index contributed by atoms with van der Waals surface area (Å²) >= 11 is 3.36. The standard InChI is InChI=1S/C8H9BrN2/c9-8-5-10-11(6-8)4-3-7-1-2-7/h1,5-6H,2-4H2. The van der Waals surface area contributed by atoms with Gasteiger partial charge in [-0.2, -0.15) is 5.10 Å². The van der Waals surface area contributed by atoms with E-state index >= 15 is 0 Å². The molecular formula is C8H9BrN2. The van der Waals surface area contributed by atoms with Crippen LogP contribution in [-0.4, -0.2) is 9.78 Å². The molecule has 2 nitrogen and oxygen atoms in total. The Morgan fingerprint density at radius 3 is 3.00 bits per heavy atom. The molecule has 0 saturated carbocycles. The first-order chi connectivity index (χ1) is 5.34. The van der Waals surface area contributed by atoms with Gasteiger partial charge < -0.3 is 0 Å². The summed E-state index contributed by atoms with van der Waals surface area (Å²) in [5.74, 6) is 0. The zero-order valence-electron chi connectivity index (χ0n) is 6.13. The molecule has 0 aromatic carbocycles. The van der Waals surface area contributed by atoms with Crippen molar-refractivity contribution >= 4 is 15.9 Å². The third-order valence-corrected chi connectivity index (χ3v) is 2.17. The van der Waals surface area contributed by atoms with Gasteiger partial charge in [0.2, 0.25) is 0 Å². The first-order valence-electron chi connectivity index (χ1n) is 3.70. The van der Waals surface area contributed by atoms with E-state index in [2.05, 4.69) is 27.1 Å². The third kappa shape index (κ3) is 1.93. The fourth-order valence-corrected chi connectivity index (χ4v) is 1.32. The lowest BCUT2D eigenvalue weighted by Crippen LogP contribution is -1.96. The second-order valence-corrected chi connectivity index (χ2v) is 3.65. The molecule has 0 unspecified atom stereocenters. The van der Waals surface area contributed by atoms with Crippen molar-refractivity contribution in [2.45, 2.75) is 19.4 Å². The lowest BCUT2D eigenvalue weighted by molar-refractivity contribution is 0.617. The average Bonchev–Trinajstić information content (AvgIpc) is 2.72. The molecule has 0 amide bonds. The molecule has 0 spiro atoms. The first kappa shape index (κ1) is 7.10. The maximum absolute atomic E-state index is 4.16. The summed E-state index contributed by atoms with van der Waals surface area (Å²) in [6.07, 6.45) is 8.47. The maximum atomic E-state index is 4.16. The molecule has 0 fully saturated rings. The number of aryl methyl sites for hydroxylation is 1. The lowest BCUT2D eigenvalue weighted by Gasteiger charge is -1.95. The van der Waals surface area contributed by atoms with E-state index in [9.17, 15) is 0 Å². The number of hydrogen-bond acceptors (Lipinski definition) is 1. The zero-order chi connectivity index (χ0) is 7.68. The monoisotopic (exact) mass is 212 g/mol. The van der Waals surface area contributed by atoms with E-state index < -0.39 is 0 Å². The van der Waals surface area contributed by atoms with Gasteiger partial charge in [0, 0.05) is 12.7 Å². The number of halogens is 1. The first-order valence-corrected chi connectivity index (χ1v) is 4.50. The molecule has 0 N–H and O–H groups in total. The summed E-state index contributed by atoms with van der Waals surface area (Å²) in [7, 11) is 0. The van der Waals surface area contributed by atoms with Gasteiger partial charge in [0.1, 0.15) is 0 Å². The van der Waals surface area contributed by atoms with Crippen LogP contribution in [0.1, 0.15) is 12.8 Å². The van der Waals surface area contributed by atoms with Crippen molar-refractivity contribution in [2.75, 3.05) is 0 Å². The summed E-state index contributed by atoms with van der Waals surface area (Å²) in [4.78, 5) is 0. The fourth-order valence-electron chi connectivity index (χ4n) is 0.995. The van der Waals surface area contributed by atoms with Crippen LogP contribution in [0.25, 0.3) is 0 Å². The van der Waals surface area contributed by atoms with E-state index in [-0.39, 0.29) is 0 Å². The van der Waals surface area contributed by atoms with Crippen molar-refractivity contribution in [3.63, 3.8) is 0 Å². The highest BCUT2D eigenvalue weighted by molar-refractivity contribution is 9.10. The molecule has 0 bridgehead atoms. The second kappa shape index (κ2) is 2.81. The largest absolute Gasteiger partial charge is 0.271 e. The van der Waals surface area contributed by atoms with Gasteiger partial charge in [-0.05, 0) is 28.8 Å². The molecule has 1 aromatic heterocycles. The molecule has 1 aliphatic carbocycles. The van der Waals surface area contributed by atoms with Crippen LogP contribution in [-0.2, 0) is 6.54 Å². The van der Waals surface area contributed by atoms with Crippen LogP contribution in [0.5, 0.6) is 0 Å². The molecule has 0 radical (unpaired) electrons. The Morgan fingerprint density at radius 1 is 1.64 bits per heavy atom. The van der Waals surface area contributed by atoms with Crippen LogP contribution in [0.4, 0.5) is 0 Å². The Bertz CT molecular complexity index is 288. The topological polar surface area (TPSA) is 17.8 Å². The molecule has 0 atom stereocenters. The van der Waals surface area contributed by atoms with E-state index in [1.165, 1.54) is 6.42 Å². The minimum atomic E-state index is 1.01. The Morgan fingerprint density at radius 2 is 2.45 bits per heavy atom. The van der Waals surface area contributed by atoms with Crippen LogP contribution in [0.15, 0.2) is 28.5 Å². The second-order valence-electron chi connectivity index (χ2n) is 2.74. The molecule has 2 rings (SSSR count). The van der Waals surface area contributed by atoms with E-state index in [1.807, 2.05) is 17.1 Å². The van der Waals surface area contributed by atoms with Crippen molar-refractivity contribution in [3.8, 4) is 0 Å². The summed E-state index contributed by atoms with van der Waals surface area (Å²) in [5.41, 5.74) is 1.57. The van der Waals surface area contributed by atoms with Gasteiger partial charge in [-0.15, -0.1) is 0 Å². The average molecular weight is 213 g/mol.